The van der Waals surface area contributed by atoms with Gasteiger partial charge < -0.3 is 114 Å². The van der Waals surface area contributed by atoms with Crippen molar-refractivity contribution in [2.24, 2.45) is 50.2 Å². The van der Waals surface area contributed by atoms with Gasteiger partial charge in [0.2, 0.25) is 0 Å². The largest absolute Gasteiger partial charge is 0.396 e. The Kier molecular flexibility index (Phi) is 16.0. The molecule has 0 aromatic heterocycles. The molecular formula is C54H88O23. The Morgan fingerprint density at radius 3 is 1.73 bits per heavy atom. The first kappa shape index (κ1) is 59.0. The molecule has 23 nitrogen and oxygen atoms in total. The van der Waals surface area contributed by atoms with Gasteiger partial charge in [0, 0.05) is 22.2 Å². The van der Waals surface area contributed by atoms with Gasteiger partial charge in [-0.1, -0.05) is 53.7 Å². The van der Waals surface area contributed by atoms with Crippen LogP contribution in [0.1, 0.15) is 99.8 Å². The monoisotopic (exact) mass is 1100 g/mol. The molecule has 0 unspecified atom stereocenters. The van der Waals surface area contributed by atoms with E-state index in [1.54, 1.807) is 0 Å². The summed E-state index contributed by atoms with van der Waals surface area (Å²) in [5.74, 6) is 0.0283. The Labute approximate surface area is 448 Å². The fraction of sp³-hybridized carbons (Fsp3) is 0.963. The topological polar surface area (TPSA) is 366 Å². The highest BCUT2D eigenvalue weighted by Crippen LogP contribution is 2.79. The van der Waals surface area contributed by atoms with Crippen LogP contribution in [0.25, 0.3) is 0 Å². The summed E-state index contributed by atoms with van der Waals surface area (Å²) in [5, 5.41) is 153. The van der Waals surface area contributed by atoms with Crippen molar-refractivity contribution in [3.8, 4) is 0 Å². The molecule has 14 N–H and O–H groups in total. The van der Waals surface area contributed by atoms with E-state index in [0.29, 0.717) is 32.3 Å². The SMILES string of the molecule is C[C@H]1O[C@@H](O[C@H]2CC[C@@]3(C)[C@@H](CC[C@]4(C)[C@@H]3C=C[C@]35OC[C@@]6(CCC(C)(C)C[C@H]63)[C@@H](O)C[C@]54C)[C@]2(C)CO)[C@H](O[C@@H]2O[C@H](CO)[C@@H](O)[C@H](O)[C@H]2O)[C@@H](O[C@@H]2O[C@H](CO[C@@H]3O[C@H](CO)[C@@H](O)[C@H](O)[C@H]3O)[C@@H](O)[C@H](O)[C@H]2O)[C@H]1O. The van der Waals surface area contributed by atoms with Crippen molar-refractivity contribution in [1.82, 2.24) is 0 Å². The normalized spacial score (nSPS) is 58.1. The van der Waals surface area contributed by atoms with Crippen molar-refractivity contribution in [3.05, 3.63) is 12.2 Å². The maximum Gasteiger partial charge on any atom is 0.187 e. The molecule has 4 saturated carbocycles. The van der Waals surface area contributed by atoms with Gasteiger partial charge in [-0.15, -0.1) is 0 Å². The minimum Gasteiger partial charge on any atom is -0.396 e. The summed E-state index contributed by atoms with van der Waals surface area (Å²) < 4.78 is 56.1. The number of allylic oxidation sites excluding steroid dienone is 1. The van der Waals surface area contributed by atoms with Crippen LogP contribution in [-0.2, 0) is 42.6 Å². The molecule has 0 radical (unpaired) electrons. The Morgan fingerprint density at radius 2 is 1.12 bits per heavy atom. The molecule has 77 heavy (non-hydrogen) atoms. The minimum absolute atomic E-state index is 0.0140. The van der Waals surface area contributed by atoms with Gasteiger partial charge in [0.25, 0.3) is 0 Å². The van der Waals surface area contributed by atoms with Crippen LogP contribution in [0.3, 0.4) is 0 Å². The first-order chi connectivity index (χ1) is 36.1. The van der Waals surface area contributed by atoms with Crippen molar-refractivity contribution in [2.45, 2.75) is 240 Å². The lowest BCUT2D eigenvalue weighted by Crippen LogP contribution is -2.72. The lowest BCUT2D eigenvalue weighted by Gasteiger charge is -2.73. The fourth-order valence-electron chi connectivity index (χ4n) is 17.1. The number of aliphatic hydroxyl groups is 14. The molecule has 0 aromatic carbocycles. The van der Waals surface area contributed by atoms with Gasteiger partial charge in [0.15, 0.2) is 25.2 Å². The van der Waals surface area contributed by atoms with Crippen LogP contribution < -0.4 is 0 Å². The van der Waals surface area contributed by atoms with E-state index in [9.17, 15) is 71.5 Å². The number of ether oxygens (including phenoxy) is 9. The van der Waals surface area contributed by atoms with Crippen molar-refractivity contribution in [1.29, 1.82) is 0 Å². The first-order valence-electron chi connectivity index (χ1n) is 28.0. The molecule has 10 rings (SSSR count). The van der Waals surface area contributed by atoms with Crippen molar-refractivity contribution >= 4 is 0 Å². The smallest absolute Gasteiger partial charge is 0.187 e. The van der Waals surface area contributed by atoms with Crippen LogP contribution in [0.4, 0.5) is 0 Å². The van der Waals surface area contributed by atoms with Gasteiger partial charge in [-0.05, 0) is 86.4 Å². The zero-order valence-corrected chi connectivity index (χ0v) is 45.2. The van der Waals surface area contributed by atoms with E-state index in [1.165, 1.54) is 6.92 Å². The van der Waals surface area contributed by atoms with E-state index in [0.717, 1.165) is 25.7 Å². The number of hydrogen-bond acceptors (Lipinski definition) is 23. The summed E-state index contributed by atoms with van der Waals surface area (Å²) in [6, 6.07) is 0. The summed E-state index contributed by atoms with van der Waals surface area (Å²) in [6.07, 6.45) is -24.8. The van der Waals surface area contributed by atoms with E-state index in [4.69, 9.17) is 42.6 Å². The number of hydrogen-bond donors (Lipinski definition) is 14. The number of fused-ring (bicyclic) bond motifs is 4. The second-order valence-electron chi connectivity index (χ2n) is 26.6. The van der Waals surface area contributed by atoms with Gasteiger partial charge >= 0.3 is 0 Å². The van der Waals surface area contributed by atoms with E-state index in [-0.39, 0.29) is 40.6 Å². The summed E-state index contributed by atoms with van der Waals surface area (Å²) in [5.41, 5.74) is -2.83. The number of rotatable bonds is 12. The molecule has 23 heteroatoms. The third kappa shape index (κ3) is 8.93. The minimum atomic E-state index is -2.02. The van der Waals surface area contributed by atoms with E-state index in [2.05, 4.69) is 46.8 Å². The quantitative estimate of drug-likeness (QED) is 0.0705. The lowest BCUT2D eigenvalue weighted by atomic mass is 9.32. The third-order valence-electron chi connectivity index (χ3n) is 22.1. The Morgan fingerprint density at radius 1 is 0.545 bits per heavy atom. The van der Waals surface area contributed by atoms with Crippen LogP contribution in [0.2, 0.25) is 0 Å². The highest BCUT2D eigenvalue weighted by molar-refractivity contribution is 5.36. The van der Waals surface area contributed by atoms with Crippen LogP contribution >= 0.6 is 0 Å². The van der Waals surface area contributed by atoms with Gasteiger partial charge in [-0.3, -0.25) is 0 Å². The zero-order valence-electron chi connectivity index (χ0n) is 45.2. The third-order valence-corrected chi connectivity index (χ3v) is 22.1. The highest BCUT2D eigenvalue weighted by atomic mass is 16.8. The van der Waals surface area contributed by atoms with Crippen LogP contribution in [0.5, 0.6) is 0 Å². The molecule has 5 aliphatic carbocycles. The summed E-state index contributed by atoms with van der Waals surface area (Å²) in [4.78, 5) is 0. The molecule has 1 spiro atoms. The fourth-order valence-corrected chi connectivity index (χ4v) is 17.1. The lowest BCUT2D eigenvalue weighted by molar-refractivity contribution is -0.399. The second kappa shape index (κ2) is 20.9. The zero-order chi connectivity index (χ0) is 55.9. The van der Waals surface area contributed by atoms with E-state index < -0.39 is 177 Å². The average molecular weight is 1110 g/mol. The predicted octanol–water partition coefficient (Wildman–Crippen LogP) is -2.57. The molecule has 0 aromatic rings. The standard InChI is InChI=1S/C54H88O23/c1-23-32(59)42(76-46-41(68)38(65)35(62)26(74-46)20-69-44-39(66)36(63)33(60)24(18-55)72-44)43(77-45-40(67)37(64)34(61)25(19-56)73-45)47(71-23)75-31-10-11-49(4)27(50(31,5)21-57)8-12-51(6)28(49)9-13-54-29-16-48(2,3)14-15-53(29,22-70-54)30(58)17-52(51,54)7/h9,13,23-47,55-68H,8,10-12,14-22H2,1-7H3/t23-,24-,25-,26-,27-,28-,29-,30+,31+,32+,33-,34-,35-,36+,37+,38+,39-,40-,41-,42+,43-,44-,45+,46+,47+,49+,50+,51-,52+,53-,54+/m1/s1. The van der Waals surface area contributed by atoms with Crippen LogP contribution in [0.15, 0.2) is 12.2 Å². The molecule has 10 aliphatic rings. The number of aliphatic hydroxyl groups excluding tert-OH is 14. The second-order valence-corrected chi connectivity index (χ2v) is 26.6. The molecule has 0 amide bonds. The van der Waals surface area contributed by atoms with Crippen LogP contribution in [-0.4, -0.2) is 245 Å². The highest BCUT2D eigenvalue weighted by Gasteiger charge is 2.79. The van der Waals surface area contributed by atoms with Crippen molar-refractivity contribution in [3.63, 3.8) is 0 Å². The van der Waals surface area contributed by atoms with Crippen LogP contribution in [0, 0.1) is 50.2 Å². The summed E-state index contributed by atoms with van der Waals surface area (Å²) >= 11 is 0. The van der Waals surface area contributed by atoms with Gasteiger partial charge in [-0.2, -0.15) is 0 Å². The van der Waals surface area contributed by atoms with Crippen molar-refractivity contribution < 1.29 is 114 Å². The molecule has 9 fully saturated rings. The van der Waals surface area contributed by atoms with Gasteiger partial charge in [-0.25, -0.2) is 0 Å². The maximum absolute atomic E-state index is 12.3. The molecular weight excluding hydrogens is 1020 g/mol. The summed E-state index contributed by atoms with van der Waals surface area (Å²) in [7, 11) is 0. The molecule has 5 saturated heterocycles. The average Bonchev–Trinajstić information content (AvgIpc) is 3.96. The summed E-state index contributed by atoms with van der Waals surface area (Å²) in [6.45, 7) is 13.1. The Balaban J connectivity index is 0.932. The van der Waals surface area contributed by atoms with E-state index in [1.807, 2.05) is 6.92 Å². The maximum atomic E-state index is 12.3. The van der Waals surface area contributed by atoms with Gasteiger partial charge in [0.05, 0.1) is 56.9 Å². The molecule has 5 aliphatic heterocycles. The Hall–Kier alpha value is -1.18. The van der Waals surface area contributed by atoms with E-state index >= 15 is 0 Å². The van der Waals surface area contributed by atoms with Crippen molar-refractivity contribution in [2.75, 3.05) is 33.0 Å². The molecule has 442 valence electrons. The molecule has 31 atom stereocenters. The van der Waals surface area contributed by atoms with Gasteiger partial charge in [0.1, 0.15) is 91.6 Å². The predicted molar refractivity (Wildman–Crippen MR) is 262 cm³/mol. The first-order valence-corrected chi connectivity index (χ1v) is 28.0. The molecule has 5 heterocycles. The Bertz CT molecular complexity index is 2120. The molecule has 2 bridgehead atoms.